The van der Waals surface area contributed by atoms with Crippen molar-refractivity contribution in [1.82, 2.24) is 24.7 Å². The average Bonchev–Trinajstić information content (AvgIpc) is 3.41. The van der Waals surface area contributed by atoms with Gasteiger partial charge in [-0.1, -0.05) is 12.1 Å². The van der Waals surface area contributed by atoms with Gasteiger partial charge in [0, 0.05) is 23.3 Å². The highest BCUT2D eigenvalue weighted by Gasteiger charge is 2.21. The van der Waals surface area contributed by atoms with Crippen LogP contribution in [0.5, 0.6) is 0 Å². The summed E-state index contributed by atoms with van der Waals surface area (Å²) in [4.78, 5) is 23.6. The summed E-state index contributed by atoms with van der Waals surface area (Å²) in [6.45, 7) is 0. The molecule has 1 N–H and O–H groups in total. The van der Waals surface area contributed by atoms with Gasteiger partial charge in [-0.05, 0) is 23.8 Å². The number of esters is 1. The first kappa shape index (κ1) is 17.4. The van der Waals surface area contributed by atoms with Crippen LogP contribution in [0.25, 0.3) is 22.3 Å². The number of aromatic nitrogens is 5. The molecule has 0 fully saturated rings. The van der Waals surface area contributed by atoms with Gasteiger partial charge in [-0.25, -0.2) is 9.97 Å². The zero-order chi connectivity index (χ0) is 19.5. The predicted octanol–water partition coefficient (Wildman–Crippen LogP) is 2.85. The first-order valence-corrected chi connectivity index (χ1v) is 8.59. The zero-order valence-electron chi connectivity index (χ0n) is 15.0. The van der Waals surface area contributed by atoms with E-state index in [0.717, 1.165) is 27.9 Å². The second kappa shape index (κ2) is 7.32. The van der Waals surface area contributed by atoms with Crippen LogP contribution >= 0.6 is 0 Å². The third kappa shape index (κ3) is 3.21. The number of fused-ring (bicyclic) bond motifs is 1. The molecule has 8 nitrogen and oxygen atoms in total. The molecule has 0 spiro atoms. The van der Waals surface area contributed by atoms with Gasteiger partial charge in [0.1, 0.15) is 12.0 Å². The van der Waals surface area contributed by atoms with Crippen LogP contribution in [0, 0.1) is 11.3 Å². The van der Waals surface area contributed by atoms with Crippen LogP contribution < -0.4 is 0 Å². The third-order valence-electron chi connectivity index (χ3n) is 4.54. The van der Waals surface area contributed by atoms with Crippen molar-refractivity contribution < 1.29 is 9.53 Å². The van der Waals surface area contributed by atoms with Crippen LogP contribution in [0.2, 0.25) is 0 Å². The zero-order valence-corrected chi connectivity index (χ0v) is 15.0. The molecule has 0 saturated heterocycles. The number of nitrogens with one attached hydrogen (secondary N) is 1. The number of ether oxygens (including phenoxy) is 1. The maximum Gasteiger partial charge on any atom is 0.308 e. The molecular weight excluding hydrogens is 356 g/mol. The highest BCUT2D eigenvalue weighted by atomic mass is 16.5. The van der Waals surface area contributed by atoms with E-state index in [1.807, 2.05) is 18.3 Å². The summed E-state index contributed by atoms with van der Waals surface area (Å²) < 4.78 is 6.55. The molecule has 4 rings (SSSR count). The summed E-state index contributed by atoms with van der Waals surface area (Å²) in [6, 6.07) is 10.8. The standard InChI is InChI=1S/C20H16N6O2/c1-28-18(27)8-17(14-4-2-3-13(7-14)9-21)26-11-15(10-25-26)19-16-5-6-22-20(16)24-12-23-19/h2-7,10-12,17H,8H2,1H3,(H,22,23,24). The number of H-pyrrole nitrogens is 1. The van der Waals surface area contributed by atoms with Gasteiger partial charge in [-0.2, -0.15) is 10.4 Å². The van der Waals surface area contributed by atoms with Crippen LogP contribution in [0.15, 0.2) is 55.2 Å². The number of nitriles is 1. The number of hydrogen-bond donors (Lipinski definition) is 1. The van der Waals surface area contributed by atoms with Gasteiger partial charge in [0.2, 0.25) is 0 Å². The van der Waals surface area contributed by atoms with E-state index in [0.29, 0.717) is 5.56 Å². The number of aromatic amines is 1. The smallest absolute Gasteiger partial charge is 0.308 e. The maximum absolute atomic E-state index is 12.0. The van der Waals surface area contributed by atoms with E-state index in [9.17, 15) is 10.1 Å². The highest BCUT2D eigenvalue weighted by molar-refractivity contribution is 5.90. The summed E-state index contributed by atoms with van der Waals surface area (Å²) in [5.74, 6) is -0.362. The Hall–Kier alpha value is -3.99. The minimum Gasteiger partial charge on any atom is -0.469 e. The molecule has 0 amide bonds. The van der Waals surface area contributed by atoms with E-state index >= 15 is 0 Å². The molecule has 8 heteroatoms. The van der Waals surface area contributed by atoms with Gasteiger partial charge < -0.3 is 9.72 Å². The monoisotopic (exact) mass is 372 g/mol. The summed E-state index contributed by atoms with van der Waals surface area (Å²) in [7, 11) is 1.35. The fourth-order valence-corrected chi connectivity index (χ4v) is 3.15. The van der Waals surface area contributed by atoms with Crippen LogP contribution in [-0.4, -0.2) is 37.8 Å². The van der Waals surface area contributed by atoms with E-state index in [2.05, 4.69) is 26.1 Å². The van der Waals surface area contributed by atoms with Gasteiger partial charge in [0.25, 0.3) is 0 Å². The average molecular weight is 372 g/mol. The van der Waals surface area contributed by atoms with Crippen molar-refractivity contribution in [3.8, 4) is 17.3 Å². The molecule has 0 aliphatic heterocycles. The number of rotatable bonds is 5. The maximum atomic E-state index is 12.0. The minimum absolute atomic E-state index is 0.0931. The Morgan fingerprint density at radius 2 is 2.25 bits per heavy atom. The molecular formula is C20H16N6O2. The lowest BCUT2D eigenvalue weighted by molar-refractivity contribution is -0.141. The summed E-state index contributed by atoms with van der Waals surface area (Å²) in [6.07, 6.45) is 6.93. The molecule has 1 aromatic carbocycles. The van der Waals surface area contributed by atoms with Crippen molar-refractivity contribution in [3.05, 3.63) is 66.4 Å². The van der Waals surface area contributed by atoms with Crippen molar-refractivity contribution >= 4 is 17.0 Å². The van der Waals surface area contributed by atoms with E-state index in [-0.39, 0.29) is 12.4 Å². The van der Waals surface area contributed by atoms with Gasteiger partial charge in [-0.15, -0.1) is 0 Å². The largest absolute Gasteiger partial charge is 0.469 e. The fourth-order valence-electron chi connectivity index (χ4n) is 3.15. The van der Waals surface area contributed by atoms with E-state index < -0.39 is 6.04 Å². The summed E-state index contributed by atoms with van der Waals surface area (Å²) in [5.41, 5.74) is 3.61. The number of carbonyl (C=O) groups is 1. The number of hydrogen-bond acceptors (Lipinski definition) is 6. The van der Waals surface area contributed by atoms with Crippen LogP contribution in [0.4, 0.5) is 0 Å². The normalized spacial score (nSPS) is 11.9. The lowest BCUT2D eigenvalue weighted by Crippen LogP contribution is -2.17. The number of methoxy groups -OCH3 is 1. The molecule has 0 saturated carbocycles. The molecule has 0 bridgehead atoms. The van der Waals surface area contributed by atoms with Crippen molar-refractivity contribution in [1.29, 1.82) is 5.26 Å². The molecule has 3 heterocycles. The summed E-state index contributed by atoms with van der Waals surface area (Å²) >= 11 is 0. The van der Waals surface area contributed by atoms with E-state index in [1.54, 1.807) is 35.3 Å². The Bertz CT molecular complexity index is 1190. The van der Waals surface area contributed by atoms with E-state index in [4.69, 9.17) is 4.74 Å². The van der Waals surface area contributed by atoms with E-state index in [1.165, 1.54) is 13.4 Å². The van der Waals surface area contributed by atoms with Crippen LogP contribution in [-0.2, 0) is 9.53 Å². The molecule has 138 valence electrons. The Labute approximate surface area is 160 Å². The van der Waals surface area contributed by atoms with Crippen molar-refractivity contribution in [2.45, 2.75) is 12.5 Å². The second-order valence-corrected chi connectivity index (χ2v) is 6.20. The van der Waals surface area contributed by atoms with Crippen molar-refractivity contribution in [2.75, 3.05) is 7.11 Å². The molecule has 3 aromatic heterocycles. The molecule has 0 aliphatic carbocycles. The fraction of sp³-hybridized carbons (Fsp3) is 0.150. The van der Waals surface area contributed by atoms with Crippen molar-refractivity contribution in [3.63, 3.8) is 0 Å². The minimum atomic E-state index is -0.405. The SMILES string of the molecule is COC(=O)CC(c1cccc(C#N)c1)n1cc(-c2ncnc3[nH]ccc23)cn1. The number of benzene rings is 1. The quantitative estimate of drug-likeness (QED) is 0.540. The Kier molecular flexibility index (Phi) is 4.56. The number of nitrogens with zero attached hydrogens (tertiary/aromatic N) is 5. The topological polar surface area (TPSA) is 109 Å². The van der Waals surface area contributed by atoms with Crippen molar-refractivity contribution in [2.24, 2.45) is 0 Å². The molecule has 1 atom stereocenters. The number of carbonyl (C=O) groups excluding carboxylic acids is 1. The Morgan fingerprint density at radius 1 is 1.36 bits per heavy atom. The van der Waals surface area contributed by atoms with Gasteiger partial charge in [0.05, 0.1) is 43.1 Å². The Balaban J connectivity index is 1.76. The van der Waals surface area contributed by atoms with Gasteiger partial charge >= 0.3 is 5.97 Å². The van der Waals surface area contributed by atoms with Gasteiger partial charge in [0.15, 0.2) is 0 Å². The lowest BCUT2D eigenvalue weighted by atomic mass is 10.0. The third-order valence-corrected chi connectivity index (χ3v) is 4.54. The lowest BCUT2D eigenvalue weighted by Gasteiger charge is -2.17. The molecule has 0 aliphatic rings. The molecule has 4 aromatic rings. The first-order chi connectivity index (χ1) is 13.7. The molecule has 1 unspecified atom stereocenters. The van der Waals surface area contributed by atoms with Crippen LogP contribution in [0.1, 0.15) is 23.6 Å². The summed E-state index contributed by atoms with van der Waals surface area (Å²) in [5, 5.41) is 14.5. The van der Waals surface area contributed by atoms with Crippen LogP contribution in [0.3, 0.4) is 0 Å². The second-order valence-electron chi connectivity index (χ2n) is 6.20. The Morgan fingerprint density at radius 3 is 3.07 bits per heavy atom. The first-order valence-electron chi connectivity index (χ1n) is 8.59. The predicted molar refractivity (Wildman–Crippen MR) is 101 cm³/mol. The highest BCUT2D eigenvalue weighted by Crippen LogP contribution is 2.28. The van der Waals surface area contributed by atoms with Gasteiger partial charge in [-0.3, -0.25) is 9.48 Å². The molecule has 0 radical (unpaired) electrons. The molecule has 28 heavy (non-hydrogen) atoms.